The number of sulfonamides is 1. The molecule has 1 aromatic heterocycles. The average Bonchev–Trinajstić information content (AvgIpc) is 2.53. The first kappa shape index (κ1) is 17.1. The summed E-state index contributed by atoms with van der Waals surface area (Å²) in [6.45, 7) is 3.83. The molecule has 0 aliphatic carbocycles. The maximum atomic E-state index is 12.2. The summed E-state index contributed by atoms with van der Waals surface area (Å²) in [4.78, 5) is 16.0. The van der Waals surface area contributed by atoms with E-state index < -0.39 is 10.0 Å². The Morgan fingerprint density at radius 3 is 2.39 bits per heavy atom. The van der Waals surface area contributed by atoms with Crippen LogP contribution in [0.3, 0.4) is 0 Å². The third-order valence-corrected chi connectivity index (χ3v) is 4.43. The molecular formula is C16H19N3O3S. The molecule has 7 heteroatoms. The maximum absolute atomic E-state index is 12.2. The summed E-state index contributed by atoms with van der Waals surface area (Å²) in [5.74, 6) is -0.231. The van der Waals surface area contributed by atoms with Crippen LogP contribution in [0.1, 0.15) is 29.9 Å². The van der Waals surface area contributed by atoms with Crippen LogP contribution in [0.4, 0.5) is 0 Å². The van der Waals surface area contributed by atoms with Gasteiger partial charge in [0.2, 0.25) is 10.0 Å². The molecule has 6 nitrogen and oxygen atoms in total. The number of carbonyl (C=O) groups is 1. The van der Waals surface area contributed by atoms with Crippen molar-refractivity contribution in [2.45, 2.75) is 31.3 Å². The van der Waals surface area contributed by atoms with E-state index in [1.165, 1.54) is 24.3 Å². The lowest BCUT2D eigenvalue weighted by atomic mass is 10.2. The molecule has 2 aromatic rings. The highest BCUT2D eigenvalue weighted by molar-refractivity contribution is 7.89. The molecule has 1 aromatic carbocycles. The fraction of sp³-hybridized carbons (Fsp3) is 0.250. The normalized spacial score (nSPS) is 11.4. The standard InChI is InChI=1S/C16H19N3O3S/c1-12(2)19-16(20)13-6-8-15(9-7-13)23(21,22)18-11-14-5-3-4-10-17-14/h3-10,12,18H,11H2,1-2H3,(H,19,20). The molecule has 122 valence electrons. The summed E-state index contributed by atoms with van der Waals surface area (Å²) in [7, 11) is -3.65. The SMILES string of the molecule is CC(C)NC(=O)c1ccc(S(=O)(=O)NCc2ccccn2)cc1. The third kappa shape index (κ3) is 4.87. The second-order valence-corrected chi connectivity index (χ2v) is 7.07. The number of amides is 1. The first-order valence-corrected chi connectivity index (χ1v) is 8.67. The van der Waals surface area contributed by atoms with Gasteiger partial charge in [0.05, 0.1) is 17.1 Å². The van der Waals surface area contributed by atoms with Gasteiger partial charge in [-0.15, -0.1) is 0 Å². The predicted octanol–water partition coefficient (Wildman–Crippen LogP) is 1.70. The molecule has 1 amide bonds. The number of carbonyl (C=O) groups excluding carboxylic acids is 1. The van der Waals surface area contributed by atoms with E-state index in [1.54, 1.807) is 24.4 Å². The molecule has 0 unspecified atom stereocenters. The second kappa shape index (κ2) is 7.34. The van der Waals surface area contributed by atoms with Gasteiger partial charge in [-0.3, -0.25) is 9.78 Å². The van der Waals surface area contributed by atoms with E-state index >= 15 is 0 Å². The molecule has 0 aliphatic rings. The molecule has 0 fully saturated rings. The van der Waals surface area contributed by atoms with Crippen molar-refractivity contribution in [1.82, 2.24) is 15.0 Å². The molecule has 0 saturated carbocycles. The highest BCUT2D eigenvalue weighted by Crippen LogP contribution is 2.11. The van der Waals surface area contributed by atoms with Gasteiger partial charge in [0.1, 0.15) is 0 Å². The Morgan fingerprint density at radius 1 is 1.13 bits per heavy atom. The van der Waals surface area contributed by atoms with Crippen molar-refractivity contribution in [2.75, 3.05) is 0 Å². The van der Waals surface area contributed by atoms with E-state index in [2.05, 4.69) is 15.0 Å². The molecule has 2 rings (SSSR count). The van der Waals surface area contributed by atoms with Crippen molar-refractivity contribution in [3.63, 3.8) is 0 Å². The molecule has 23 heavy (non-hydrogen) atoms. The highest BCUT2D eigenvalue weighted by atomic mass is 32.2. The number of pyridine rings is 1. The fourth-order valence-corrected chi connectivity index (χ4v) is 2.88. The first-order chi connectivity index (χ1) is 10.9. The van der Waals surface area contributed by atoms with Crippen LogP contribution < -0.4 is 10.0 Å². The molecule has 0 aliphatic heterocycles. The molecule has 0 spiro atoms. The average molecular weight is 333 g/mol. The summed E-state index contributed by atoms with van der Waals surface area (Å²) in [6, 6.07) is 11.1. The van der Waals surface area contributed by atoms with E-state index in [1.807, 2.05) is 13.8 Å². The number of nitrogens with one attached hydrogen (secondary N) is 2. The summed E-state index contributed by atoms with van der Waals surface area (Å²) in [5, 5.41) is 2.75. The fourth-order valence-electron chi connectivity index (χ4n) is 1.89. The minimum absolute atomic E-state index is 0.0194. The Balaban J connectivity index is 2.07. The second-order valence-electron chi connectivity index (χ2n) is 5.30. The number of hydrogen-bond donors (Lipinski definition) is 2. The van der Waals surface area contributed by atoms with Crippen molar-refractivity contribution < 1.29 is 13.2 Å². The molecule has 1 heterocycles. The van der Waals surface area contributed by atoms with Crippen LogP contribution >= 0.6 is 0 Å². The van der Waals surface area contributed by atoms with Gasteiger partial charge in [0.15, 0.2) is 0 Å². The van der Waals surface area contributed by atoms with Gasteiger partial charge in [-0.1, -0.05) is 6.07 Å². The molecule has 0 bridgehead atoms. The van der Waals surface area contributed by atoms with Crippen LogP contribution in [0.25, 0.3) is 0 Å². The van der Waals surface area contributed by atoms with Gasteiger partial charge in [0, 0.05) is 17.8 Å². The number of rotatable bonds is 6. The zero-order valence-corrected chi connectivity index (χ0v) is 13.8. The van der Waals surface area contributed by atoms with Crippen molar-refractivity contribution in [3.05, 3.63) is 59.9 Å². The van der Waals surface area contributed by atoms with Crippen LogP contribution in [-0.2, 0) is 16.6 Å². The van der Waals surface area contributed by atoms with Crippen LogP contribution in [0.5, 0.6) is 0 Å². The van der Waals surface area contributed by atoms with Gasteiger partial charge >= 0.3 is 0 Å². The lowest BCUT2D eigenvalue weighted by Crippen LogP contribution is -2.30. The molecule has 0 radical (unpaired) electrons. The molecule has 2 N–H and O–H groups in total. The van der Waals surface area contributed by atoms with Crippen molar-refractivity contribution in [3.8, 4) is 0 Å². The lowest BCUT2D eigenvalue weighted by molar-refractivity contribution is 0.0943. The number of benzene rings is 1. The topological polar surface area (TPSA) is 88.2 Å². The Hall–Kier alpha value is -2.25. The van der Waals surface area contributed by atoms with Gasteiger partial charge in [-0.05, 0) is 50.2 Å². The van der Waals surface area contributed by atoms with E-state index in [4.69, 9.17) is 0 Å². The minimum atomic E-state index is -3.65. The van der Waals surface area contributed by atoms with Gasteiger partial charge < -0.3 is 5.32 Å². The molecular weight excluding hydrogens is 314 g/mol. The van der Waals surface area contributed by atoms with Crippen LogP contribution in [-0.4, -0.2) is 25.4 Å². The van der Waals surface area contributed by atoms with Gasteiger partial charge in [0.25, 0.3) is 5.91 Å². The monoisotopic (exact) mass is 333 g/mol. The Morgan fingerprint density at radius 2 is 1.83 bits per heavy atom. The quantitative estimate of drug-likeness (QED) is 0.842. The van der Waals surface area contributed by atoms with E-state index in [-0.39, 0.29) is 23.4 Å². The number of aromatic nitrogens is 1. The summed E-state index contributed by atoms with van der Waals surface area (Å²) < 4.78 is 26.9. The van der Waals surface area contributed by atoms with Gasteiger partial charge in [-0.25, -0.2) is 13.1 Å². The predicted molar refractivity (Wildman–Crippen MR) is 87.3 cm³/mol. The Labute approximate surface area is 136 Å². The zero-order chi connectivity index (χ0) is 16.9. The first-order valence-electron chi connectivity index (χ1n) is 7.19. The van der Waals surface area contributed by atoms with Crippen molar-refractivity contribution in [1.29, 1.82) is 0 Å². The largest absolute Gasteiger partial charge is 0.350 e. The van der Waals surface area contributed by atoms with E-state index in [0.29, 0.717) is 11.3 Å². The highest BCUT2D eigenvalue weighted by Gasteiger charge is 2.15. The van der Waals surface area contributed by atoms with Crippen molar-refractivity contribution in [2.24, 2.45) is 0 Å². The molecule has 0 saturated heterocycles. The Bertz CT molecular complexity index is 757. The summed E-state index contributed by atoms with van der Waals surface area (Å²) >= 11 is 0. The smallest absolute Gasteiger partial charge is 0.251 e. The Kier molecular flexibility index (Phi) is 5.46. The van der Waals surface area contributed by atoms with E-state index in [0.717, 1.165) is 0 Å². The van der Waals surface area contributed by atoms with Crippen LogP contribution in [0.15, 0.2) is 53.6 Å². The third-order valence-electron chi connectivity index (χ3n) is 3.02. The number of hydrogen-bond acceptors (Lipinski definition) is 4. The number of nitrogens with zero attached hydrogens (tertiary/aromatic N) is 1. The minimum Gasteiger partial charge on any atom is -0.350 e. The zero-order valence-electron chi connectivity index (χ0n) is 13.0. The van der Waals surface area contributed by atoms with Crippen LogP contribution in [0.2, 0.25) is 0 Å². The van der Waals surface area contributed by atoms with Crippen LogP contribution in [0, 0.1) is 0 Å². The lowest BCUT2D eigenvalue weighted by Gasteiger charge is -2.09. The van der Waals surface area contributed by atoms with Gasteiger partial charge in [-0.2, -0.15) is 0 Å². The summed E-state index contributed by atoms with van der Waals surface area (Å²) in [6.07, 6.45) is 1.60. The van der Waals surface area contributed by atoms with Crippen molar-refractivity contribution >= 4 is 15.9 Å². The molecule has 0 atom stereocenters. The van der Waals surface area contributed by atoms with E-state index in [9.17, 15) is 13.2 Å². The maximum Gasteiger partial charge on any atom is 0.251 e. The summed E-state index contributed by atoms with van der Waals surface area (Å²) in [5.41, 5.74) is 1.05.